The molecule has 75 heavy (non-hydrogen) atoms. The van der Waals surface area contributed by atoms with Gasteiger partial charge in [-0.05, 0) is 102 Å². The van der Waals surface area contributed by atoms with Crippen LogP contribution in [0.3, 0.4) is 0 Å². The minimum absolute atomic E-state index is 0.00362. The van der Waals surface area contributed by atoms with Crippen molar-refractivity contribution in [3.8, 4) is 22.9 Å². The average Bonchev–Trinajstić information content (AvgIpc) is 4.19. The molecule has 0 bridgehead atoms. The Kier molecular flexibility index (Phi) is 13.6. The fourth-order valence-electron chi connectivity index (χ4n) is 10.8. The third kappa shape index (κ3) is 10.1. The molecule has 0 saturated carbocycles. The van der Waals surface area contributed by atoms with Gasteiger partial charge in [-0.15, -0.1) is 0 Å². The molecular weight excluding hydrogens is 968 g/mol. The summed E-state index contributed by atoms with van der Waals surface area (Å²) >= 11 is 0. The SMILES string of the molecule is Cn1ccc2cc(N(C(=O)c3cn(-c4cc5c(cc4C(=O)N4Cc6ccccc6C[C@H]4CN4CCOCC4)OCO5)c4c3CCCC4)c3ccc(OP(=O)(OCc4ccccc4)OCc4ccccc4)cc3)cnc21. The van der Waals surface area contributed by atoms with E-state index in [4.69, 9.17) is 32.8 Å². The molecule has 1 saturated heterocycles. The molecular formula is C59H57N6O9P. The lowest BCUT2D eigenvalue weighted by Gasteiger charge is -2.40. The highest BCUT2D eigenvalue weighted by Crippen LogP contribution is 2.51. The summed E-state index contributed by atoms with van der Waals surface area (Å²) in [7, 11) is -2.27. The molecule has 6 heterocycles. The van der Waals surface area contributed by atoms with Crippen molar-refractivity contribution in [3.05, 3.63) is 197 Å². The predicted octanol–water partition coefficient (Wildman–Crippen LogP) is 10.8. The van der Waals surface area contributed by atoms with Gasteiger partial charge in [0.2, 0.25) is 6.79 Å². The van der Waals surface area contributed by atoms with Crippen LogP contribution in [0.25, 0.3) is 16.7 Å². The number of hydrogen-bond donors (Lipinski definition) is 0. The van der Waals surface area contributed by atoms with Crippen LogP contribution in [0.5, 0.6) is 17.2 Å². The first kappa shape index (κ1) is 48.4. The molecule has 382 valence electrons. The van der Waals surface area contributed by atoms with Gasteiger partial charge in [0.1, 0.15) is 11.4 Å². The number of morpholine rings is 1. The van der Waals surface area contributed by atoms with Gasteiger partial charge in [-0.1, -0.05) is 84.9 Å². The highest BCUT2D eigenvalue weighted by atomic mass is 31.2. The number of anilines is 2. The summed E-state index contributed by atoms with van der Waals surface area (Å²) in [4.78, 5) is 42.2. The van der Waals surface area contributed by atoms with Crippen LogP contribution in [0.1, 0.15) is 67.1 Å². The van der Waals surface area contributed by atoms with Crippen LogP contribution < -0.4 is 18.9 Å². The monoisotopic (exact) mass is 1020 g/mol. The van der Waals surface area contributed by atoms with E-state index < -0.39 is 7.82 Å². The number of pyridine rings is 1. The summed E-state index contributed by atoms with van der Waals surface area (Å²) in [6.07, 6.45) is 9.43. The predicted molar refractivity (Wildman–Crippen MR) is 284 cm³/mol. The summed E-state index contributed by atoms with van der Waals surface area (Å²) in [6.45, 7) is 4.15. The van der Waals surface area contributed by atoms with Gasteiger partial charge in [-0.2, -0.15) is 0 Å². The van der Waals surface area contributed by atoms with E-state index in [-0.39, 0.29) is 43.6 Å². The van der Waals surface area contributed by atoms with Crippen LogP contribution in [0.2, 0.25) is 0 Å². The van der Waals surface area contributed by atoms with Crippen molar-refractivity contribution in [2.45, 2.75) is 57.9 Å². The fraction of sp³-hybridized carbons (Fsp3) is 0.271. The van der Waals surface area contributed by atoms with Gasteiger partial charge in [0, 0.05) is 74.5 Å². The molecule has 4 aliphatic rings. The zero-order valence-corrected chi connectivity index (χ0v) is 42.6. The number of hydrogen-bond acceptors (Lipinski definition) is 11. The van der Waals surface area contributed by atoms with E-state index in [2.05, 4.69) is 23.1 Å². The van der Waals surface area contributed by atoms with Crippen molar-refractivity contribution >= 4 is 42.0 Å². The highest BCUT2D eigenvalue weighted by molar-refractivity contribution is 7.48. The zero-order chi connectivity index (χ0) is 50.9. The van der Waals surface area contributed by atoms with Gasteiger partial charge in [0.25, 0.3) is 11.8 Å². The van der Waals surface area contributed by atoms with Crippen LogP contribution in [0.15, 0.2) is 152 Å². The van der Waals surface area contributed by atoms with E-state index in [9.17, 15) is 4.57 Å². The van der Waals surface area contributed by atoms with Gasteiger partial charge >= 0.3 is 7.82 Å². The van der Waals surface area contributed by atoms with E-state index in [0.717, 1.165) is 77.9 Å². The maximum atomic E-state index is 15.8. The zero-order valence-electron chi connectivity index (χ0n) is 41.7. The van der Waals surface area contributed by atoms with Gasteiger partial charge in [-0.3, -0.25) is 28.4 Å². The van der Waals surface area contributed by atoms with Gasteiger partial charge in [-0.25, -0.2) is 9.55 Å². The molecule has 12 rings (SSSR count). The van der Waals surface area contributed by atoms with Crippen LogP contribution in [0, 0.1) is 0 Å². The molecule has 1 fully saturated rings. The number of phosphoric acid groups is 1. The highest BCUT2D eigenvalue weighted by Gasteiger charge is 2.37. The minimum Gasteiger partial charge on any atom is -0.454 e. The Balaban J connectivity index is 0.909. The molecule has 0 unspecified atom stereocenters. The molecule has 1 atom stereocenters. The average molecular weight is 1030 g/mol. The molecule has 0 radical (unpaired) electrons. The van der Waals surface area contributed by atoms with Crippen LogP contribution >= 0.6 is 7.82 Å². The van der Waals surface area contributed by atoms with Crippen molar-refractivity contribution in [1.82, 2.24) is 23.9 Å². The smallest absolute Gasteiger partial charge is 0.454 e. The lowest BCUT2D eigenvalue weighted by Crippen LogP contribution is -2.52. The molecule has 5 aromatic carbocycles. The van der Waals surface area contributed by atoms with E-state index in [0.29, 0.717) is 72.3 Å². The Hall–Kier alpha value is -7.52. The van der Waals surface area contributed by atoms with Crippen molar-refractivity contribution in [1.29, 1.82) is 0 Å². The molecule has 15 nitrogen and oxygen atoms in total. The van der Waals surface area contributed by atoms with Crippen molar-refractivity contribution in [3.63, 3.8) is 0 Å². The molecule has 3 aromatic heterocycles. The number of amides is 2. The van der Waals surface area contributed by atoms with E-state index in [1.807, 2.05) is 124 Å². The Morgan fingerprint density at radius 1 is 0.760 bits per heavy atom. The number of phosphoric ester groups is 1. The summed E-state index contributed by atoms with van der Waals surface area (Å²) in [5.74, 6) is 0.862. The second-order valence-corrected chi connectivity index (χ2v) is 21.1. The number of aryl methyl sites for hydroxylation is 1. The molecule has 16 heteroatoms. The number of aromatic nitrogens is 3. The van der Waals surface area contributed by atoms with E-state index >= 15 is 9.59 Å². The number of ether oxygens (including phenoxy) is 3. The Morgan fingerprint density at radius 2 is 1.44 bits per heavy atom. The number of carbonyl (C=O) groups excluding carboxylic acids is 2. The molecule has 1 aliphatic carbocycles. The number of rotatable bonds is 15. The van der Waals surface area contributed by atoms with Crippen LogP contribution in [-0.4, -0.2) is 81.4 Å². The van der Waals surface area contributed by atoms with Crippen LogP contribution in [-0.2, 0) is 64.4 Å². The Labute approximate surface area is 435 Å². The first-order valence-corrected chi connectivity index (χ1v) is 27.1. The second-order valence-electron chi connectivity index (χ2n) is 19.5. The standard InChI is InChI=1S/C59H57N6O9P/c1-61-25-24-44-31-47(34-60-57(44)61)65(46-20-22-49(23-21-46)74-75(68,72-38-41-12-4-2-5-13-41)73-39-42-14-6-3-7-15-42)59(67)52-37-64(53-19-11-10-18-50(52)53)54-33-56-55(70-40-71-56)32-51(54)58(66)63-35-45-17-9-8-16-43(45)30-48(63)36-62-26-28-69-29-27-62/h2-9,12-17,20-25,31-34,37,48H,10-11,18-19,26-30,35-36,38-40H2,1H3/t48-/m0/s1. The van der Waals surface area contributed by atoms with Crippen molar-refractivity contribution < 1.29 is 41.9 Å². The summed E-state index contributed by atoms with van der Waals surface area (Å²) < 4.78 is 54.0. The second kappa shape index (κ2) is 21.0. The first-order chi connectivity index (χ1) is 36.7. The molecule has 3 aliphatic heterocycles. The lowest BCUT2D eigenvalue weighted by molar-refractivity contribution is 0.0192. The number of carbonyl (C=O) groups is 2. The maximum absolute atomic E-state index is 15.8. The van der Waals surface area contributed by atoms with E-state index in [1.165, 1.54) is 5.56 Å². The lowest BCUT2D eigenvalue weighted by atomic mass is 9.92. The van der Waals surface area contributed by atoms with Crippen molar-refractivity contribution in [2.24, 2.45) is 7.05 Å². The van der Waals surface area contributed by atoms with Crippen molar-refractivity contribution in [2.75, 3.05) is 44.5 Å². The Morgan fingerprint density at radius 3 is 2.17 bits per heavy atom. The van der Waals surface area contributed by atoms with Gasteiger partial charge in [0.15, 0.2) is 11.5 Å². The minimum atomic E-state index is -4.20. The Bertz CT molecular complexity index is 3380. The maximum Gasteiger partial charge on any atom is 0.530 e. The molecule has 0 N–H and O–H groups in total. The van der Waals surface area contributed by atoms with Gasteiger partial charge in [0.05, 0.1) is 55.1 Å². The summed E-state index contributed by atoms with van der Waals surface area (Å²) in [5, 5.41) is 0.857. The largest absolute Gasteiger partial charge is 0.530 e. The van der Waals surface area contributed by atoms with Crippen LogP contribution in [0.4, 0.5) is 11.4 Å². The first-order valence-electron chi connectivity index (χ1n) is 25.6. The van der Waals surface area contributed by atoms with Gasteiger partial charge < -0.3 is 32.8 Å². The van der Waals surface area contributed by atoms with E-state index in [1.54, 1.807) is 35.4 Å². The molecule has 0 spiro atoms. The molecule has 2 amide bonds. The fourth-order valence-corrected chi connectivity index (χ4v) is 11.9. The third-order valence-corrected chi connectivity index (χ3v) is 16.0. The normalized spacial score (nSPS) is 16.4. The summed E-state index contributed by atoms with van der Waals surface area (Å²) in [5.41, 5.74) is 9.29. The third-order valence-electron chi connectivity index (χ3n) is 14.6. The molecule has 8 aromatic rings. The number of fused-ring (bicyclic) bond motifs is 4. The topological polar surface area (TPSA) is 139 Å². The summed E-state index contributed by atoms with van der Waals surface area (Å²) in [6, 6.07) is 41.6. The number of nitrogens with zero attached hydrogens (tertiary/aromatic N) is 6. The quantitative estimate of drug-likeness (QED) is 0.0907. The number of benzene rings is 5.